The van der Waals surface area contributed by atoms with Crippen molar-refractivity contribution >= 4 is 61.1 Å². The van der Waals surface area contributed by atoms with Gasteiger partial charge in [0.05, 0.1) is 12.8 Å². The molecule has 0 aliphatic heterocycles. The molecule has 0 amide bonds. The second-order valence-corrected chi connectivity index (χ2v) is 13.6. The smallest absolute Gasteiger partial charge is 0.303 e. The van der Waals surface area contributed by atoms with Crippen LogP contribution < -0.4 is 9.64 Å². The predicted octanol–water partition coefficient (Wildman–Crippen LogP) is 11.5. The van der Waals surface area contributed by atoms with Gasteiger partial charge in [0.1, 0.15) is 5.75 Å². The molecule has 0 fully saturated rings. The number of ether oxygens (including phenoxy) is 2. The normalized spacial score (nSPS) is 11.9. The monoisotopic (exact) mass is 693 g/mol. The highest BCUT2D eigenvalue weighted by Crippen LogP contribution is 2.44. The number of carbonyl (C=O) groups is 2. The quantitative estimate of drug-likeness (QED) is 0.0767. The molecule has 5 nitrogen and oxygen atoms in total. The minimum Gasteiger partial charge on any atom is -0.497 e. The van der Waals surface area contributed by atoms with Crippen molar-refractivity contribution in [2.75, 3.05) is 18.6 Å². The first-order valence-corrected chi connectivity index (χ1v) is 17.9. The fraction of sp³-hybridized carbons (Fsp3) is 0.125. The van der Waals surface area contributed by atoms with Crippen molar-refractivity contribution in [3.63, 3.8) is 0 Å². The molecule has 0 aliphatic carbocycles. The van der Waals surface area contributed by atoms with Gasteiger partial charge >= 0.3 is 5.97 Å². The summed E-state index contributed by atoms with van der Waals surface area (Å²) >= 11 is 0. The van der Waals surface area contributed by atoms with Crippen molar-refractivity contribution in [1.82, 2.24) is 0 Å². The molecule has 8 aromatic rings. The van der Waals surface area contributed by atoms with Gasteiger partial charge in [-0.05, 0) is 99.4 Å². The number of benzene rings is 8. The Bertz CT molecular complexity index is 2540. The molecule has 0 aliphatic rings. The highest BCUT2D eigenvalue weighted by molar-refractivity contribution is 6.25. The van der Waals surface area contributed by atoms with Crippen LogP contribution in [0.25, 0.3) is 32.3 Å². The van der Waals surface area contributed by atoms with Gasteiger partial charge in [-0.3, -0.25) is 9.59 Å². The maximum atomic E-state index is 12.6. The molecule has 5 heteroatoms. The van der Waals surface area contributed by atoms with E-state index in [0.29, 0.717) is 5.56 Å². The molecule has 1 unspecified atom stereocenters. The van der Waals surface area contributed by atoms with Crippen molar-refractivity contribution in [1.29, 1.82) is 0 Å². The summed E-state index contributed by atoms with van der Waals surface area (Å²) in [4.78, 5) is 26.2. The lowest BCUT2D eigenvalue weighted by atomic mass is 9.85. The molecule has 0 bridgehead atoms. The van der Waals surface area contributed by atoms with E-state index in [4.69, 9.17) is 9.47 Å². The largest absolute Gasteiger partial charge is 0.497 e. The number of ketones is 1. The summed E-state index contributed by atoms with van der Waals surface area (Å²) in [5.41, 5.74) is 8.43. The predicted molar refractivity (Wildman–Crippen MR) is 216 cm³/mol. The second kappa shape index (κ2) is 14.3. The zero-order valence-corrected chi connectivity index (χ0v) is 30.0. The minimum atomic E-state index is -0.474. The number of anilines is 3. The Hall–Kier alpha value is -6.46. The average Bonchev–Trinajstić information content (AvgIpc) is 3.20. The Morgan fingerprint density at radius 2 is 1.19 bits per heavy atom. The third-order valence-corrected chi connectivity index (χ3v) is 10.2. The van der Waals surface area contributed by atoms with E-state index in [0.717, 1.165) is 40.4 Å². The number of hydrogen-bond donors (Lipinski definition) is 0. The minimum absolute atomic E-state index is 0.0233. The lowest BCUT2D eigenvalue weighted by Gasteiger charge is -2.28. The molecule has 0 saturated carbocycles. The van der Waals surface area contributed by atoms with E-state index in [-0.39, 0.29) is 18.3 Å². The van der Waals surface area contributed by atoms with Crippen LogP contribution in [0.15, 0.2) is 152 Å². The van der Waals surface area contributed by atoms with Gasteiger partial charge in [0, 0.05) is 35.2 Å². The Kier molecular flexibility index (Phi) is 9.07. The number of nitrogens with zero attached hydrogens (tertiary/aromatic N) is 1. The number of Topliss-reactive ketones (excluding diaryl/α,β-unsaturated/α-hetero) is 1. The molecule has 0 heterocycles. The Labute approximate surface area is 309 Å². The molecule has 53 heavy (non-hydrogen) atoms. The Balaban J connectivity index is 1.17. The maximum Gasteiger partial charge on any atom is 0.303 e. The van der Waals surface area contributed by atoms with Crippen LogP contribution in [-0.2, 0) is 16.0 Å². The Morgan fingerprint density at radius 1 is 0.623 bits per heavy atom. The molecule has 8 rings (SSSR count). The first kappa shape index (κ1) is 33.7. The molecule has 0 aromatic heterocycles. The summed E-state index contributed by atoms with van der Waals surface area (Å²) in [7, 11) is 1.67. The Morgan fingerprint density at radius 3 is 1.81 bits per heavy atom. The molecule has 0 saturated heterocycles. The SMILES string of the molecule is COc1ccc(C(Cc2ccc(N(c3ccc(C)cc3)c3ccc4ccc5cccc6ccc3c4c56)cc2)c2ccc(C(=O)COC(C)=O)cc2)cc1. The zero-order valence-electron chi connectivity index (χ0n) is 30.0. The van der Waals surface area contributed by atoms with E-state index in [2.05, 4.69) is 127 Å². The highest BCUT2D eigenvalue weighted by Gasteiger charge is 2.20. The number of rotatable bonds is 11. The van der Waals surface area contributed by atoms with Gasteiger partial charge in [0.25, 0.3) is 0 Å². The summed E-state index contributed by atoms with van der Waals surface area (Å²) in [6.45, 7) is 3.15. The fourth-order valence-corrected chi connectivity index (χ4v) is 7.47. The van der Waals surface area contributed by atoms with E-state index in [1.165, 1.54) is 50.4 Å². The van der Waals surface area contributed by atoms with Crippen LogP contribution in [-0.4, -0.2) is 25.5 Å². The summed E-state index contributed by atoms with van der Waals surface area (Å²) in [6, 6.07) is 53.4. The number of methoxy groups -OCH3 is 1. The lowest BCUT2D eigenvalue weighted by molar-refractivity contribution is -0.139. The van der Waals surface area contributed by atoms with Gasteiger partial charge in [-0.1, -0.05) is 115 Å². The lowest BCUT2D eigenvalue weighted by Crippen LogP contribution is -2.12. The standard InChI is InChI=1S/C48H39NO4/c1-31-7-21-40(22-8-31)49(45-28-20-39-16-15-37-5-4-6-38-19-27-43(45)48(39)47(37)38)41-23-9-33(10-24-41)29-44(35-17-25-42(52-3)26-18-35)34-11-13-36(14-12-34)46(51)30-53-32(2)50/h4-28,44H,29-30H2,1-3H3. The molecule has 0 spiro atoms. The number of carbonyl (C=O) groups excluding carboxylic acids is 2. The second-order valence-electron chi connectivity index (χ2n) is 13.6. The van der Waals surface area contributed by atoms with Crippen LogP contribution in [0.5, 0.6) is 5.75 Å². The molecule has 0 radical (unpaired) electrons. The van der Waals surface area contributed by atoms with Gasteiger partial charge in [-0.2, -0.15) is 0 Å². The van der Waals surface area contributed by atoms with Gasteiger partial charge < -0.3 is 14.4 Å². The van der Waals surface area contributed by atoms with E-state index < -0.39 is 5.97 Å². The van der Waals surface area contributed by atoms with Gasteiger partial charge in [-0.25, -0.2) is 0 Å². The number of esters is 1. The van der Waals surface area contributed by atoms with E-state index in [1.54, 1.807) is 7.11 Å². The molecule has 260 valence electrons. The summed E-state index contributed by atoms with van der Waals surface area (Å²) < 4.78 is 10.4. The molecule has 1 atom stereocenters. The topological polar surface area (TPSA) is 55.8 Å². The van der Waals surface area contributed by atoms with Crippen LogP contribution in [0.3, 0.4) is 0 Å². The van der Waals surface area contributed by atoms with Gasteiger partial charge in [0.2, 0.25) is 0 Å². The highest BCUT2D eigenvalue weighted by atomic mass is 16.5. The van der Waals surface area contributed by atoms with Crippen molar-refractivity contribution in [3.8, 4) is 5.75 Å². The van der Waals surface area contributed by atoms with Crippen LogP contribution in [0.4, 0.5) is 17.1 Å². The van der Waals surface area contributed by atoms with E-state index in [9.17, 15) is 9.59 Å². The first-order valence-electron chi connectivity index (χ1n) is 17.9. The van der Waals surface area contributed by atoms with Gasteiger partial charge in [0.15, 0.2) is 12.4 Å². The van der Waals surface area contributed by atoms with Crippen LogP contribution in [0.1, 0.15) is 45.5 Å². The molecule has 0 N–H and O–H groups in total. The maximum absolute atomic E-state index is 12.6. The van der Waals surface area contributed by atoms with E-state index >= 15 is 0 Å². The molecule has 8 aromatic carbocycles. The van der Waals surface area contributed by atoms with Crippen molar-refractivity contribution < 1.29 is 19.1 Å². The zero-order chi connectivity index (χ0) is 36.5. The summed E-state index contributed by atoms with van der Waals surface area (Å²) in [5, 5.41) is 7.53. The molecular formula is C48H39NO4. The first-order chi connectivity index (χ1) is 25.9. The van der Waals surface area contributed by atoms with Crippen molar-refractivity contribution in [2.45, 2.75) is 26.2 Å². The van der Waals surface area contributed by atoms with Crippen LogP contribution >= 0.6 is 0 Å². The van der Waals surface area contributed by atoms with Crippen molar-refractivity contribution in [3.05, 3.63) is 179 Å². The third-order valence-electron chi connectivity index (χ3n) is 10.2. The third kappa shape index (κ3) is 6.70. The van der Waals surface area contributed by atoms with Crippen LogP contribution in [0, 0.1) is 6.92 Å². The average molecular weight is 694 g/mol. The number of aryl methyl sites for hydroxylation is 1. The van der Waals surface area contributed by atoms with Gasteiger partial charge in [-0.15, -0.1) is 0 Å². The van der Waals surface area contributed by atoms with E-state index in [1.807, 2.05) is 36.4 Å². The summed E-state index contributed by atoms with van der Waals surface area (Å²) in [5.74, 6) is 0.117. The molecular weight excluding hydrogens is 655 g/mol. The number of hydrogen-bond acceptors (Lipinski definition) is 5. The van der Waals surface area contributed by atoms with Crippen molar-refractivity contribution in [2.24, 2.45) is 0 Å². The summed E-state index contributed by atoms with van der Waals surface area (Å²) in [6.07, 6.45) is 0.747. The van der Waals surface area contributed by atoms with Crippen LogP contribution in [0.2, 0.25) is 0 Å². The fourth-order valence-electron chi connectivity index (χ4n) is 7.47.